The molecule has 1 heterocycles. The van der Waals surface area contributed by atoms with E-state index in [9.17, 15) is 14.4 Å². The largest absolute Gasteiger partial charge is 0.373 e. The van der Waals surface area contributed by atoms with Gasteiger partial charge >= 0.3 is 0 Å². The third-order valence-corrected chi connectivity index (χ3v) is 3.72. The van der Waals surface area contributed by atoms with Crippen LogP contribution in [0.25, 0.3) is 0 Å². The Morgan fingerprint density at radius 2 is 1.83 bits per heavy atom. The molecule has 6 nitrogen and oxygen atoms in total. The summed E-state index contributed by atoms with van der Waals surface area (Å²) in [6.45, 7) is 6.06. The van der Waals surface area contributed by atoms with Crippen LogP contribution in [0, 0.1) is 5.92 Å². The molecule has 6 heteroatoms. The summed E-state index contributed by atoms with van der Waals surface area (Å²) in [7, 11) is 0. The van der Waals surface area contributed by atoms with Crippen LogP contribution in [0.2, 0.25) is 0 Å². The van der Waals surface area contributed by atoms with Crippen molar-refractivity contribution in [1.82, 2.24) is 4.90 Å². The normalized spacial score (nSPS) is 17.7. The number of rotatable bonds is 6. The third kappa shape index (κ3) is 4.55. The predicted molar refractivity (Wildman–Crippen MR) is 88.9 cm³/mol. The molecule has 3 amide bonds. The second-order valence-electron chi connectivity index (χ2n) is 6.23. The fraction of sp³-hybridized carbons (Fsp3) is 0.471. The summed E-state index contributed by atoms with van der Waals surface area (Å²) in [5, 5.41) is 5.77. The van der Waals surface area contributed by atoms with Gasteiger partial charge < -0.3 is 10.6 Å². The molecule has 124 valence electrons. The fourth-order valence-corrected chi connectivity index (χ4v) is 2.47. The third-order valence-electron chi connectivity index (χ3n) is 3.72. The number of nitrogens with one attached hydrogen (secondary N) is 2. The Bertz CT molecular complexity index is 596. The maximum absolute atomic E-state index is 12.3. The highest BCUT2D eigenvalue weighted by Crippen LogP contribution is 2.21. The number of anilines is 2. The van der Waals surface area contributed by atoms with E-state index in [-0.39, 0.29) is 24.1 Å². The Balaban J connectivity index is 1.96. The number of amides is 3. The van der Waals surface area contributed by atoms with E-state index in [4.69, 9.17) is 0 Å². The predicted octanol–water partition coefficient (Wildman–Crippen LogP) is 2.23. The van der Waals surface area contributed by atoms with E-state index in [0.717, 1.165) is 12.1 Å². The van der Waals surface area contributed by atoms with E-state index in [0.29, 0.717) is 18.2 Å². The molecule has 0 aliphatic carbocycles. The molecule has 0 saturated carbocycles. The lowest BCUT2D eigenvalue weighted by Crippen LogP contribution is -2.35. The van der Waals surface area contributed by atoms with Gasteiger partial charge in [0.15, 0.2) is 0 Å². The maximum atomic E-state index is 12.3. The van der Waals surface area contributed by atoms with Gasteiger partial charge in [-0.05, 0) is 36.6 Å². The van der Waals surface area contributed by atoms with Crippen molar-refractivity contribution in [3.8, 4) is 0 Å². The first-order chi connectivity index (χ1) is 10.9. The Morgan fingerprint density at radius 1 is 1.22 bits per heavy atom. The van der Waals surface area contributed by atoms with E-state index in [1.807, 2.05) is 0 Å². The van der Waals surface area contributed by atoms with Crippen LogP contribution in [0.3, 0.4) is 0 Å². The maximum Gasteiger partial charge on any atom is 0.252 e. The van der Waals surface area contributed by atoms with E-state index in [2.05, 4.69) is 24.5 Å². The van der Waals surface area contributed by atoms with E-state index < -0.39 is 6.04 Å². The van der Waals surface area contributed by atoms with E-state index in [1.165, 1.54) is 11.8 Å². The standard InChI is InChI=1S/C17H23N3O3/c1-11(2)8-9-20-16(22)10-15(17(20)23)19-14-6-4-13(5-7-14)18-12(3)21/h4-7,11,15,19H,8-10H2,1-3H3,(H,18,21). The van der Waals surface area contributed by atoms with Crippen LogP contribution in [-0.4, -0.2) is 35.2 Å². The molecule has 1 atom stereocenters. The average Bonchev–Trinajstić information content (AvgIpc) is 2.73. The molecule has 1 saturated heterocycles. The number of benzene rings is 1. The minimum atomic E-state index is -0.513. The lowest BCUT2D eigenvalue weighted by atomic mass is 10.1. The van der Waals surface area contributed by atoms with Gasteiger partial charge in [-0.15, -0.1) is 0 Å². The topological polar surface area (TPSA) is 78.5 Å². The zero-order valence-electron chi connectivity index (χ0n) is 13.8. The first-order valence-electron chi connectivity index (χ1n) is 7.85. The van der Waals surface area contributed by atoms with Crippen LogP contribution >= 0.6 is 0 Å². The zero-order chi connectivity index (χ0) is 17.0. The lowest BCUT2D eigenvalue weighted by Gasteiger charge is -2.17. The summed E-state index contributed by atoms with van der Waals surface area (Å²) in [5.41, 5.74) is 1.44. The minimum Gasteiger partial charge on any atom is -0.373 e. The number of nitrogens with zero attached hydrogens (tertiary/aromatic N) is 1. The molecule has 1 fully saturated rings. The molecule has 23 heavy (non-hydrogen) atoms. The second-order valence-corrected chi connectivity index (χ2v) is 6.23. The second kappa shape index (κ2) is 7.26. The molecule has 1 aromatic carbocycles. The highest BCUT2D eigenvalue weighted by atomic mass is 16.2. The van der Waals surface area contributed by atoms with Crippen LogP contribution < -0.4 is 10.6 Å². The minimum absolute atomic E-state index is 0.122. The number of carbonyl (C=O) groups is 3. The van der Waals surface area contributed by atoms with Crippen molar-refractivity contribution >= 4 is 29.1 Å². The van der Waals surface area contributed by atoms with Crippen LogP contribution in [-0.2, 0) is 14.4 Å². The van der Waals surface area contributed by atoms with Gasteiger partial charge in [0.25, 0.3) is 5.91 Å². The van der Waals surface area contributed by atoms with Crippen molar-refractivity contribution in [1.29, 1.82) is 0 Å². The monoisotopic (exact) mass is 317 g/mol. The number of imide groups is 1. The van der Waals surface area contributed by atoms with E-state index in [1.54, 1.807) is 24.3 Å². The molecular formula is C17H23N3O3. The summed E-state index contributed by atoms with van der Waals surface area (Å²) in [6.07, 6.45) is 1.000. The van der Waals surface area contributed by atoms with Crippen LogP contribution in [0.15, 0.2) is 24.3 Å². The Kier molecular flexibility index (Phi) is 5.36. The summed E-state index contributed by atoms with van der Waals surface area (Å²) < 4.78 is 0. The van der Waals surface area contributed by atoms with Gasteiger partial charge in [-0.3, -0.25) is 19.3 Å². The first kappa shape index (κ1) is 17.0. The summed E-state index contributed by atoms with van der Waals surface area (Å²) >= 11 is 0. The Labute approximate surface area is 136 Å². The van der Waals surface area contributed by atoms with Gasteiger partial charge in [-0.1, -0.05) is 13.8 Å². The molecule has 1 aromatic rings. The smallest absolute Gasteiger partial charge is 0.252 e. The molecule has 1 aliphatic heterocycles. The van der Waals surface area contributed by atoms with Crippen LogP contribution in [0.4, 0.5) is 11.4 Å². The van der Waals surface area contributed by atoms with Gasteiger partial charge in [0, 0.05) is 24.8 Å². The van der Waals surface area contributed by atoms with Crippen LogP contribution in [0.1, 0.15) is 33.6 Å². The molecule has 2 N–H and O–H groups in total. The van der Waals surface area contributed by atoms with Crippen molar-refractivity contribution in [2.75, 3.05) is 17.2 Å². The number of carbonyl (C=O) groups excluding carboxylic acids is 3. The van der Waals surface area contributed by atoms with Gasteiger partial charge in [0.2, 0.25) is 11.8 Å². The number of hydrogen-bond acceptors (Lipinski definition) is 4. The molecular weight excluding hydrogens is 294 g/mol. The van der Waals surface area contributed by atoms with Gasteiger partial charge in [0.05, 0.1) is 6.42 Å². The molecule has 0 bridgehead atoms. The highest BCUT2D eigenvalue weighted by molar-refractivity contribution is 6.06. The quantitative estimate of drug-likeness (QED) is 0.789. The molecule has 2 rings (SSSR count). The van der Waals surface area contributed by atoms with Crippen molar-refractivity contribution in [3.63, 3.8) is 0 Å². The average molecular weight is 317 g/mol. The fourth-order valence-electron chi connectivity index (χ4n) is 2.47. The lowest BCUT2D eigenvalue weighted by molar-refractivity contribution is -0.138. The molecule has 1 unspecified atom stereocenters. The van der Waals surface area contributed by atoms with Gasteiger partial charge in [-0.25, -0.2) is 0 Å². The number of hydrogen-bond donors (Lipinski definition) is 2. The molecule has 1 aliphatic rings. The SMILES string of the molecule is CC(=O)Nc1ccc(NC2CC(=O)N(CCC(C)C)C2=O)cc1. The van der Waals surface area contributed by atoms with Crippen molar-refractivity contribution in [2.24, 2.45) is 5.92 Å². The summed E-state index contributed by atoms with van der Waals surface area (Å²) in [6, 6.07) is 6.55. The molecule has 0 aromatic heterocycles. The molecule has 0 radical (unpaired) electrons. The van der Waals surface area contributed by atoms with Crippen molar-refractivity contribution in [2.45, 2.75) is 39.7 Å². The zero-order valence-corrected chi connectivity index (χ0v) is 13.8. The highest BCUT2D eigenvalue weighted by Gasteiger charge is 2.38. The number of likely N-dealkylation sites (tertiary alicyclic amines) is 1. The Hall–Kier alpha value is -2.37. The van der Waals surface area contributed by atoms with Crippen molar-refractivity contribution in [3.05, 3.63) is 24.3 Å². The van der Waals surface area contributed by atoms with Crippen LogP contribution in [0.5, 0.6) is 0 Å². The first-order valence-corrected chi connectivity index (χ1v) is 7.85. The summed E-state index contributed by atoms with van der Waals surface area (Å²) in [5.74, 6) is 0.0246. The van der Waals surface area contributed by atoms with E-state index >= 15 is 0 Å². The molecule has 0 spiro atoms. The Morgan fingerprint density at radius 3 is 2.39 bits per heavy atom. The van der Waals surface area contributed by atoms with Gasteiger partial charge in [0.1, 0.15) is 6.04 Å². The van der Waals surface area contributed by atoms with Gasteiger partial charge in [-0.2, -0.15) is 0 Å². The summed E-state index contributed by atoms with van der Waals surface area (Å²) in [4.78, 5) is 36.7. The van der Waals surface area contributed by atoms with Crippen molar-refractivity contribution < 1.29 is 14.4 Å².